The summed E-state index contributed by atoms with van der Waals surface area (Å²) in [5.41, 5.74) is 5.40. The molecule has 2 N–H and O–H groups in total. The lowest BCUT2D eigenvalue weighted by Crippen LogP contribution is -2.06. The minimum atomic E-state index is -2.68. The summed E-state index contributed by atoms with van der Waals surface area (Å²) >= 11 is 1.68. The smallest absolute Gasteiger partial charge is 0.281 e. The minimum absolute atomic E-state index is 0.0469. The number of halogens is 3. The van der Waals surface area contributed by atoms with Crippen LogP contribution in [0.1, 0.15) is 23.4 Å². The number of alkyl halides is 2. The number of rotatable bonds is 2. The van der Waals surface area contributed by atoms with Crippen LogP contribution >= 0.6 is 22.6 Å². The maximum absolute atomic E-state index is 12.4. The number of hydrogen-bond acceptors (Lipinski definition) is 3. The molecule has 0 fully saturated rings. The Morgan fingerprint density at radius 2 is 2.29 bits per heavy atom. The summed E-state index contributed by atoms with van der Waals surface area (Å²) in [6.45, 7) is 0.0469. The van der Waals surface area contributed by atoms with Crippen LogP contribution in [0.15, 0.2) is 6.07 Å². The van der Waals surface area contributed by atoms with Gasteiger partial charge in [-0.25, -0.2) is 13.8 Å². The van der Waals surface area contributed by atoms with Crippen molar-refractivity contribution >= 4 is 22.6 Å². The van der Waals surface area contributed by atoms with E-state index in [1.807, 2.05) is 6.07 Å². The zero-order valence-corrected chi connectivity index (χ0v) is 9.12. The molecule has 74 valence electrons. The predicted molar refractivity (Wildman–Crippen MR) is 54.5 cm³/mol. The SMILES string of the molecule is N#Cc1cc(CN)nc(C(F)F)c1I. The topological polar surface area (TPSA) is 62.7 Å². The van der Waals surface area contributed by atoms with Crippen LogP contribution in [0.5, 0.6) is 0 Å². The van der Waals surface area contributed by atoms with Crippen molar-refractivity contribution < 1.29 is 8.78 Å². The quantitative estimate of drug-likeness (QED) is 0.849. The standard InChI is InChI=1S/C8H6F2IN3/c9-8(10)7-6(11)4(2-12)1-5(3-13)14-7/h1,8H,3,13H2. The molecule has 1 aromatic heterocycles. The Morgan fingerprint density at radius 1 is 1.64 bits per heavy atom. The highest BCUT2D eigenvalue weighted by Crippen LogP contribution is 2.25. The van der Waals surface area contributed by atoms with Gasteiger partial charge in [0.2, 0.25) is 0 Å². The molecular formula is C8H6F2IN3. The molecule has 0 aliphatic heterocycles. The molecule has 1 heterocycles. The van der Waals surface area contributed by atoms with Gasteiger partial charge in [-0.2, -0.15) is 5.26 Å². The highest BCUT2D eigenvalue weighted by atomic mass is 127. The Kier molecular flexibility index (Phi) is 3.71. The average molecular weight is 309 g/mol. The molecule has 0 radical (unpaired) electrons. The lowest BCUT2D eigenvalue weighted by molar-refractivity contribution is 0.144. The van der Waals surface area contributed by atoms with Gasteiger partial charge in [0, 0.05) is 6.54 Å². The second-order valence-corrected chi connectivity index (χ2v) is 3.56. The third-order valence-electron chi connectivity index (χ3n) is 1.57. The van der Waals surface area contributed by atoms with Crippen LogP contribution < -0.4 is 5.73 Å². The van der Waals surface area contributed by atoms with E-state index in [-0.39, 0.29) is 21.4 Å². The number of aromatic nitrogens is 1. The van der Waals surface area contributed by atoms with Crippen molar-refractivity contribution in [1.82, 2.24) is 4.98 Å². The fourth-order valence-corrected chi connectivity index (χ4v) is 1.57. The first kappa shape index (κ1) is 11.3. The first-order chi connectivity index (χ1) is 6.60. The van der Waals surface area contributed by atoms with E-state index >= 15 is 0 Å². The van der Waals surface area contributed by atoms with Crippen molar-refractivity contribution in [2.24, 2.45) is 5.73 Å². The molecule has 0 saturated heterocycles. The number of hydrogen-bond donors (Lipinski definition) is 1. The fraction of sp³-hybridized carbons (Fsp3) is 0.250. The van der Waals surface area contributed by atoms with Crippen molar-refractivity contribution in [2.75, 3.05) is 0 Å². The van der Waals surface area contributed by atoms with Gasteiger partial charge in [-0.05, 0) is 28.7 Å². The molecular weight excluding hydrogens is 303 g/mol. The molecule has 0 amide bonds. The van der Waals surface area contributed by atoms with E-state index < -0.39 is 6.43 Å². The first-order valence-corrected chi connectivity index (χ1v) is 4.75. The van der Waals surface area contributed by atoms with Gasteiger partial charge < -0.3 is 5.73 Å². The van der Waals surface area contributed by atoms with Gasteiger partial charge in [0.15, 0.2) is 0 Å². The summed E-state index contributed by atoms with van der Waals surface area (Å²) in [4.78, 5) is 3.67. The molecule has 0 aliphatic carbocycles. The molecule has 3 nitrogen and oxygen atoms in total. The zero-order valence-electron chi connectivity index (χ0n) is 6.97. The number of nitrogens with two attached hydrogens (primary N) is 1. The summed E-state index contributed by atoms with van der Waals surface area (Å²) in [5, 5.41) is 8.68. The monoisotopic (exact) mass is 309 g/mol. The van der Waals surface area contributed by atoms with Crippen LogP contribution in [0.25, 0.3) is 0 Å². The summed E-state index contributed by atoms with van der Waals surface area (Å²) in [7, 11) is 0. The second-order valence-electron chi connectivity index (χ2n) is 2.48. The molecule has 0 spiro atoms. The van der Waals surface area contributed by atoms with Gasteiger partial charge >= 0.3 is 0 Å². The molecule has 6 heteroatoms. The van der Waals surface area contributed by atoms with Gasteiger partial charge in [0.1, 0.15) is 11.8 Å². The number of pyridine rings is 1. The highest BCUT2D eigenvalue weighted by Gasteiger charge is 2.17. The first-order valence-electron chi connectivity index (χ1n) is 3.67. The van der Waals surface area contributed by atoms with E-state index in [4.69, 9.17) is 11.0 Å². The Bertz CT molecular complexity index is 387. The average Bonchev–Trinajstić information content (AvgIpc) is 2.17. The maximum atomic E-state index is 12.4. The molecule has 0 atom stereocenters. The molecule has 0 bridgehead atoms. The second kappa shape index (κ2) is 4.61. The fourth-order valence-electron chi connectivity index (χ4n) is 0.935. The highest BCUT2D eigenvalue weighted by molar-refractivity contribution is 14.1. The molecule has 0 aliphatic rings. The predicted octanol–water partition coefficient (Wildman–Crippen LogP) is 1.95. The van der Waals surface area contributed by atoms with Gasteiger partial charge in [-0.15, -0.1) is 0 Å². The Labute approximate surface area is 93.1 Å². The molecule has 1 rings (SSSR count). The van der Waals surface area contributed by atoms with Crippen molar-refractivity contribution in [3.63, 3.8) is 0 Å². The van der Waals surface area contributed by atoms with Gasteiger partial charge in [-0.3, -0.25) is 0 Å². The molecule has 0 unspecified atom stereocenters. The lowest BCUT2D eigenvalue weighted by atomic mass is 10.2. The summed E-state index contributed by atoms with van der Waals surface area (Å²) < 4.78 is 25.1. The third kappa shape index (κ3) is 2.16. The van der Waals surface area contributed by atoms with E-state index in [2.05, 4.69) is 4.98 Å². The normalized spacial score (nSPS) is 10.3. The van der Waals surface area contributed by atoms with Gasteiger partial charge in [-0.1, -0.05) is 0 Å². The summed E-state index contributed by atoms with van der Waals surface area (Å²) in [6.07, 6.45) is -2.68. The van der Waals surface area contributed by atoms with Crippen LogP contribution in [0, 0.1) is 14.9 Å². The number of nitrogens with zero attached hydrogens (tertiary/aromatic N) is 2. The van der Waals surface area contributed by atoms with Crippen LogP contribution in [-0.4, -0.2) is 4.98 Å². The number of nitriles is 1. The lowest BCUT2D eigenvalue weighted by Gasteiger charge is -2.06. The van der Waals surface area contributed by atoms with E-state index in [0.717, 1.165) is 0 Å². The third-order valence-corrected chi connectivity index (χ3v) is 2.71. The molecule has 1 aromatic rings. The zero-order chi connectivity index (χ0) is 10.7. The van der Waals surface area contributed by atoms with E-state index in [9.17, 15) is 8.78 Å². The Hall–Kier alpha value is -0.810. The summed E-state index contributed by atoms with van der Waals surface area (Å²) in [5.74, 6) is 0. The van der Waals surface area contributed by atoms with Crippen molar-refractivity contribution in [3.8, 4) is 6.07 Å². The molecule has 14 heavy (non-hydrogen) atoms. The molecule has 0 saturated carbocycles. The van der Waals surface area contributed by atoms with Crippen molar-refractivity contribution in [3.05, 3.63) is 26.6 Å². The maximum Gasteiger partial charge on any atom is 0.281 e. The van der Waals surface area contributed by atoms with Crippen LogP contribution in [0.4, 0.5) is 8.78 Å². The van der Waals surface area contributed by atoms with Crippen molar-refractivity contribution in [1.29, 1.82) is 5.26 Å². The summed E-state index contributed by atoms with van der Waals surface area (Å²) in [6, 6.07) is 3.25. The van der Waals surface area contributed by atoms with E-state index in [1.54, 1.807) is 22.6 Å². The Morgan fingerprint density at radius 3 is 2.71 bits per heavy atom. The van der Waals surface area contributed by atoms with E-state index in [0.29, 0.717) is 5.69 Å². The minimum Gasteiger partial charge on any atom is -0.325 e. The van der Waals surface area contributed by atoms with Gasteiger partial charge in [0.05, 0.1) is 14.8 Å². The van der Waals surface area contributed by atoms with Crippen LogP contribution in [0.3, 0.4) is 0 Å². The molecule has 0 aromatic carbocycles. The van der Waals surface area contributed by atoms with Crippen LogP contribution in [0.2, 0.25) is 0 Å². The van der Waals surface area contributed by atoms with Crippen molar-refractivity contribution in [2.45, 2.75) is 13.0 Å². The Balaban J connectivity index is 3.36. The van der Waals surface area contributed by atoms with Crippen LogP contribution in [-0.2, 0) is 6.54 Å². The van der Waals surface area contributed by atoms with E-state index in [1.165, 1.54) is 6.07 Å². The largest absolute Gasteiger partial charge is 0.325 e. The van der Waals surface area contributed by atoms with Gasteiger partial charge in [0.25, 0.3) is 6.43 Å².